The molecule has 124 valence electrons. The van der Waals surface area contributed by atoms with Gasteiger partial charge in [-0.1, -0.05) is 23.4 Å². The molecule has 1 aromatic heterocycles. The van der Waals surface area contributed by atoms with E-state index in [4.69, 9.17) is 4.52 Å². The first-order chi connectivity index (χ1) is 11.4. The molecule has 0 saturated carbocycles. The molecular weight excluding hydrogens is 326 g/mol. The lowest BCUT2D eigenvalue weighted by atomic mass is 10.2. The highest BCUT2D eigenvalue weighted by Gasteiger charge is 2.16. The van der Waals surface area contributed by atoms with Gasteiger partial charge in [-0.05, 0) is 49.7 Å². The van der Waals surface area contributed by atoms with Gasteiger partial charge in [0.2, 0.25) is 0 Å². The second kappa shape index (κ2) is 6.37. The third-order valence-electron chi connectivity index (χ3n) is 3.42. The van der Waals surface area contributed by atoms with E-state index in [-0.39, 0.29) is 4.90 Å². The Hall–Kier alpha value is -2.80. The van der Waals surface area contributed by atoms with Gasteiger partial charge in [0.1, 0.15) is 5.76 Å². The summed E-state index contributed by atoms with van der Waals surface area (Å²) in [5, 5.41) is 6.92. The number of rotatable bonds is 5. The van der Waals surface area contributed by atoms with E-state index in [2.05, 4.69) is 15.2 Å². The lowest BCUT2D eigenvalue weighted by molar-refractivity contribution is 0.400. The Balaban J connectivity index is 1.75. The summed E-state index contributed by atoms with van der Waals surface area (Å²) >= 11 is 0. The lowest BCUT2D eigenvalue weighted by Gasteiger charge is -2.11. The third kappa shape index (κ3) is 3.57. The molecule has 0 amide bonds. The minimum atomic E-state index is -3.61. The topological polar surface area (TPSA) is 84.2 Å². The molecule has 2 N–H and O–H groups in total. The van der Waals surface area contributed by atoms with Crippen LogP contribution in [0, 0.1) is 13.8 Å². The molecule has 3 rings (SSSR count). The molecule has 3 aromatic rings. The van der Waals surface area contributed by atoms with Crippen molar-refractivity contribution in [2.45, 2.75) is 18.7 Å². The van der Waals surface area contributed by atoms with Crippen LogP contribution in [0.4, 0.5) is 17.2 Å². The molecule has 0 aliphatic rings. The summed E-state index contributed by atoms with van der Waals surface area (Å²) in [5.41, 5.74) is 1.96. The molecule has 2 aromatic carbocycles. The van der Waals surface area contributed by atoms with Crippen LogP contribution in [0.2, 0.25) is 0 Å². The van der Waals surface area contributed by atoms with Gasteiger partial charge < -0.3 is 9.84 Å². The second-order valence-corrected chi connectivity index (χ2v) is 7.05. The average Bonchev–Trinajstić information content (AvgIpc) is 2.94. The lowest BCUT2D eigenvalue weighted by Crippen LogP contribution is -2.14. The van der Waals surface area contributed by atoms with Gasteiger partial charge in [-0.3, -0.25) is 4.72 Å². The SMILES string of the molecule is Cc1cc(Nc2ccc(NS(=O)(=O)c3ccccc3C)cc2)no1. The van der Waals surface area contributed by atoms with E-state index < -0.39 is 10.0 Å². The standard InChI is InChI=1S/C17H17N3O3S/c1-12-5-3-4-6-16(12)24(21,22)20-15-9-7-14(8-10-15)18-17-11-13(2)23-19-17/h3-11,20H,1-2H3,(H,18,19). The molecule has 0 spiro atoms. The van der Waals surface area contributed by atoms with E-state index in [0.717, 1.165) is 5.69 Å². The van der Waals surface area contributed by atoms with Gasteiger partial charge >= 0.3 is 0 Å². The van der Waals surface area contributed by atoms with Crippen molar-refractivity contribution in [1.82, 2.24) is 5.16 Å². The molecule has 0 radical (unpaired) electrons. The van der Waals surface area contributed by atoms with Gasteiger partial charge in [-0.2, -0.15) is 0 Å². The first kappa shape index (κ1) is 16.1. The molecule has 0 aliphatic carbocycles. The zero-order valence-corrected chi connectivity index (χ0v) is 14.1. The van der Waals surface area contributed by atoms with Crippen LogP contribution in [0.25, 0.3) is 0 Å². The maximum atomic E-state index is 12.5. The molecule has 6 nitrogen and oxygen atoms in total. The summed E-state index contributed by atoms with van der Waals surface area (Å²) in [7, 11) is -3.61. The Morgan fingerprint density at radius 3 is 2.25 bits per heavy atom. The Kier molecular flexibility index (Phi) is 4.26. The third-order valence-corrected chi connectivity index (χ3v) is 4.96. The first-order valence-electron chi connectivity index (χ1n) is 7.33. The summed E-state index contributed by atoms with van der Waals surface area (Å²) in [6, 6.07) is 15.5. The minimum Gasteiger partial charge on any atom is -0.360 e. The molecule has 0 aliphatic heterocycles. The molecule has 7 heteroatoms. The van der Waals surface area contributed by atoms with Crippen molar-refractivity contribution >= 4 is 27.2 Å². The number of nitrogens with zero attached hydrogens (tertiary/aromatic N) is 1. The average molecular weight is 343 g/mol. The van der Waals surface area contributed by atoms with E-state index in [1.807, 2.05) is 6.92 Å². The van der Waals surface area contributed by atoms with Crippen molar-refractivity contribution in [3.63, 3.8) is 0 Å². The first-order valence-corrected chi connectivity index (χ1v) is 8.81. The highest BCUT2D eigenvalue weighted by atomic mass is 32.2. The Morgan fingerprint density at radius 2 is 1.62 bits per heavy atom. The molecule has 0 atom stereocenters. The largest absolute Gasteiger partial charge is 0.360 e. The van der Waals surface area contributed by atoms with Crippen LogP contribution in [0.1, 0.15) is 11.3 Å². The fourth-order valence-corrected chi connectivity index (χ4v) is 3.57. The smallest absolute Gasteiger partial charge is 0.262 e. The van der Waals surface area contributed by atoms with E-state index in [0.29, 0.717) is 22.8 Å². The molecule has 0 fully saturated rings. The van der Waals surface area contributed by atoms with Crippen molar-refractivity contribution in [2.75, 3.05) is 10.0 Å². The molecule has 0 unspecified atom stereocenters. The van der Waals surface area contributed by atoms with Crippen LogP contribution >= 0.6 is 0 Å². The Labute approximate surface area is 140 Å². The van der Waals surface area contributed by atoms with Crippen molar-refractivity contribution < 1.29 is 12.9 Å². The molecule has 0 bridgehead atoms. The molecule has 24 heavy (non-hydrogen) atoms. The summed E-state index contributed by atoms with van der Waals surface area (Å²) in [4.78, 5) is 0.269. The summed E-state index contributed by atoms with van der Waals surface area (Å²) < 4.78 is 32.5. The Morgan fingerprint density at radius 1 is 0.958 bits per heavy atom. The second-order valence-electron chi connectivity index (χ2n) is 5.40. The number of aromatic nitrogens is 1. The molecule has 1 heterocycles. The van der Waals surface area contributed by atoms with Crippen molar-refractivity contribution in [2.24, 2.45) is 0 Å². The van der Waals surface area contributed by atoms with Crippen LogP contribution < -0.4 is 10.0 Å². The predicted octanol–water partition coefficient (Wildman–Crippen LogP) is 3.84. The highest BCUT2D eigenvalue weighted by molar-refractivity contribution is 7.92. The van der Waals surface area contributed by atoms with Gasteiger partial charge in [0.15, 0.2) is 5.82 Å². The molecular formula is C17H17N3O3S. The maximum absolute atomic E-state index is 12.5. The Bertz CT molecular complexity index is 947. The van der Waals surface area contributed by atoms with Crippen molar-refractivity contribution in [3.8, 4) is 0 Å². The normalized spacial score (nSPS) is 11.2. The van der Waals surface area contributed by atoms with Gasteiger partial charge in [-0.25, -0.2) is 8.42 Å². The number of hydrogen-bond acceptors (Lipinski definition) is 5. The van der Waals surface area contributed by atoms with Crippen LogP contribution in [0.3, 0.4) is 0 Å². The zero-order valence-electron chi connectivity index (χ0n) is 13.3. The van der Waals surface area contributed by atoms with Crippen molar-refractivity contribution in [1.29, 1.82) is 0 Å². The van der Waals surface area contributed by atoms with Crippen LogP contribution in [0.5, 0.6) is 0 Å². The predicted molar refractivity (Wildman–Crippen MR) is 93.0 cm³/mol. The van der Waals surface area contributed by atoms with E-state index in [1.54, 1.807) is 61.5 Å². The fraction of sp³-hybridized carbons (Fsp3) is 0.118. The van der Waals surface area contributed by atoms with Gasteiger partial charge in [0.25, 0.3) is 10.0 Å². The van der Waals surface area contributed by atoms with Gasteiger partial charge in [0.05, 0.1) is 4.90 Å². The summed E-state index contributed by atoms with van der Waals surface area (Å²) in [6.07, 6.45) is 0. The monoisotopic (exact) mass is 343 g/mol. The fourth-order valence-electron chi connectivity index (χ4n) is 2.26. The summed E-state index contributed by atoms with van der Waals surface area (Å²) in [6.45, 7) is 3.57. The number of benzene rings is 2. The van der Waals surface area contributed by atoms with Crippen LogP contribution in [0.15, 0.2) is 64.0 Å². The highest BCUT2D eigenvalue weighted by Crippen LogP contribution is 2.22. The molecule has 0 saturated heterocycles. The maximum Gasteiger partial charge on any atom is 0.262 e. The minimum absolute atomic E-state index is 0.269. The number of anilines is 3. The van der Waals surface area contributed by atoms with Crippen LogP contribution in [-0.2, 0) is 10.0 Å². The summed E-state index contributed by atoms with van der Waals surface area (Å²) in [5.74, 6) is 1.31. The zero-order chi connectivity index (χ0) is 17.2. The quantitative estimate of drug-likeness (QED) is 0.735. The number of aryl methyl sites for hydroxylation is 2. The number of hydrogen-bond donors (Lipinski definition) is 2. The van der Waals surface area contributed by atoms with E-state index in [1.165, 1.54) is 0 Å². The van der Waals surface area contributed by atoms with Crippen molar-refractivity contribution in [3.05, 3.63) is 65.9 Å². The van der Waals surface area contributed by atoms with E-state index in [9.17, 15) is 8.42 Å². The number of nitrogens with one attached hydrogen (secondary N) is 2. The number of sulfonamides is 1. The van der Waals surface area contributed by atoms with Gasteiger partial charge in [-0.15, -0.1) is 0 Å². The van der Waals surface area contributed by atoms with E-state index >= 15 is 0 Å². The van der Waals surface area contributed by atoms with Gasteiger partial charge in [0, 0.05) is 17.4 Å². The van der Waals surface area contributed by atoms with Crippen LogP contribution in [-0.4, -0.2) is 13.6 Å².